The molecule has 1 heterocycles. The van der Waals surface area contributed by atoms with Gasteiger partial charge >= 0.3 is 6.61 Å². The van der Waals surface area contributed by atoms with E-state index in [4.69, 9.17) is 11.6 Å². The van der Waals surface area contributed by atoms with Crippen molar-refractivity contribution in [1.29, 1.82) is 0 Å². The molecule has 0 saturated carbocycles. The number of carbonyl (C=O) groups excluding carboxylic acids is 1. The third-order valence-electron chi connectivity index (χ3n) is 4.56. The summed E-state index contributed by atoms with van der Waals surface area (Å²) in [5.74, 6) is -0.141. The van der Waals surface area contributed by atoms with Crippen LogP contribution in [0.4, 0.5) is 8.78 Å². The number of alkyl halides is 2. The van der Waals surface area contributed by atoms with Crippen LogP contribution in [0.1, 0.15) is 10.4 Å². The summed E-state index contributed by atoms with van der Waals surface area (Å²) < 4.78 is 30.6. The minimum Gasteiger partial charge on any atom is -0.435 e. The van der Waals surface area contributed by atoms with Crippen LogP contribution in [0.2, 0.25) is 5.02 Å². The number of para-hydroxylation sites is 1. The number of aromatic nitrogens is 2. The lowest BCUT2D eigenvalue weighted by Gasteiger charge is -2.14. The van der Waals surface area contributed by atoms with Crippen molar-refractivity contribution in [3.8, 4) is 11.4 Å². The smallest absolute Gasteiger partial charge is 0.387 e. The maximum Gasteiger partial charge on any atom is 0.387 e. The fraction of sp³-hybridized carbons (Fsp3) is 0.0870. The first-order valence-electron chi connectivity index (χ1n) is 9.41. The lowest BCUT2D eigenvalue weighted by atomic mass is 10.1. The van der Waals surface area contributed by atoms with Crippen molar-refractivity contribution >= 4 is 40.0 Å². The van der Waals surface area contributed by atoms with E-state index in [1.807, 2.05) is 0 Å². The summed E-state index contributed by atoms with van der Waals surface area (Å²) in [6.07, 6.45) is 0. The molecule has 0 bridgehead atoms. The van der Waals surface area contributed by atoms with Crippen molar-refractivity contribution in [2.24, 2.45) is 0 Å². The zero-order valence-electron chi connectivity index (χ0n) is 16.4. The van der Waals surface area contributed by atoms with Crippen molar-refractivity contribution in [3.63, 3.8) is 0 Å². The molecule has 0 radical (unpaired) electrons. The van der Waals surface area contributed by atoms with E-state index in [1.54, 1.807) is 48.5 Å². The van der Waals surface area contributed by atoms with Gasteiger partial charge in [0.15, 0.2) is 10.9 Å². The molecule has 3 aromatic carbocycles. The lowest BCUT2D eigenvalue weighted by Crippen LogP contribution is -2.22. The SMILES string of the molecule is O=C(CSc1nc2ccccc2c(=O)n1-c1ccc(OC(F)F)cc1)c1ccc(Cl)cc1. The Morgan fingerprint density at radius 2 is 1.72 bits per heavy atom. The summed E-state index contributed by atoms with van der Waals surface area (Å²) in [6.45, 7) is -2.95. The van der Waals surface area contributed by atoms with Crippen LogP contribution in [-0.4, -0.2) is 27.7 Å². The molecular formula is C23H15ClF2N2O3S. The second-order valence-corrected chi connectivity index (χ2v) is 8.02. The molecule has 0 aliphatic rings. The van der Waals surface area contributed by atoms with Crippen LogP contribution in [-0.2, 0) is 0 Å². The average Bonchev–Trinajstić information content (AvgIpc) is 2.78. The third kappa shape index (κ3) is 4.81. The first-order chi connectivity index (χ1) is 15.4. The van der Waals surface area contributed by atoms with E-state index in [2.05, 4.69) is 9.72 Å². The zero-order chi connectivity index (χ0) is 22.7. The lowest BCUT2D eigenvalue weighted by molar-refractivity contribution is -0.0498. The zero-order valence-corrected chi connectivity index (χ0v) is 17.9. The van der Waals surface area contributed by atoms with Crippen LogP contribution < -0.4 is 10.3 Å². The molecule has 9 heteroatoms. The fourth-order valence-corrected chi connectivity index (χ4v) is 4.10. The van der Waals surface area contributed by atoms with Crippen molar-refractivity contribution < 1.29 is 18.3 Å². The highest BCUT2D eigenvalue weighted by molar-refractivity contribution is 7.99. The fourth-order valence-electron chi connectivity index (χ4n) is 3.06. The molecule has 0 amide bonds. The minimum absolute atomic E-state index is 0.0299. The van der Waals surface area contributed by atoms with Gasteiger partial charge in [-0.15, -0.1) is 0 Å². The maximum absolute atomic E-state index is 13.2. The monoisotopic (exact) mass is 472 g/mol. The van der Waals surface area contributed by atoms with E-state index < -0.39 is 6.61 Å². The summed E-state index contributed by atoms with van der Waals surface area (Å²) in [6, 6.07) is 19.1. The van der Waals surface area contributed by atoms with E-state index in [9.17, 15) is 18.4 Å². The normalized spacial score (nSPS) is 11.1. The molecule has 0 spiro atoms. The number of hydrogen-bond acceptors (Lipinski definition) is 5. The molecule has 5 nitrogen and oxygen atoms in total. The number of benzene rings is 3. The average molecular weight is 473 g/mol. The molecule has 0 aliphatic heterocycles. The van der Waals surface area contributed by atoms with Crippen molar-refractivity contribution in [1.82, 2.24) is 9.55 Å². The number of hydrogen-bond donors (Lipinski definition) is 0. The molecule has 32 heavy (non-hydrogen) atoms. The van der Waals surface area contributed by atoms with E-state index in [-0.39, 0.29) is 22.8 Å². The van der Waals surface area contributed by atoms with E-state index in [0.29, 0.717) is 32.3 Å². The molecule has 0 fully saturated rings. The van der Waals surface area contributed by atoms with Gasteiger partial charge in [-0.3, -0.25) is 14.2 Å². The first-order valence-corrected chi connectivity index (χ1v) is 10.8. The highest BCUT2D eigenvalue weighted by Crippen LogP contribution is 2.24. The summed E-state index contributed by atoms with van der Waals surface area (Å²) in [5.41, 5.74) is 1.06. The first kappa shape index (κ1) is 22.0. The van der Waals surface area contributed by atoms with Crippen LogP contribution in [0, 0.1) is 0 Å². The molecule has 4 aromatic rings. The van der Waals surface area contributed by atoms with Crippen LogP contribution in [0.3, 0.4) is 0 Å². The Hall–Kier alpha value is -3.23. The number of ether oxygens (including phenoxy) is 1. The van der Waals surface area contributed by atoms with Crippen molar-refractivity contribution in [3.05, 3.63) is 93.7 Å². The van der Waals surface area contributed by atoms with Gasteiger partial charge in [0.2, 0.25) is 0 Å². The van der Waals surface area contributed by atoms with Crippen LogP contribution in [0.5, 0.6) is 5.75 Å². The Kier molecular flexibility index (Phi) is 6.53. The number of fused-ring (bicyclic) bond motifs is 1. The van der Waals surface area contributed by atoms with Crippen molar-refractivity contribution in [2.45, 2.75) is 11.8 Å². The number of thioether (sulfide) groups is 1. The standard InChI is InChI=1S/C23H15ClF2N2O3S/c24-15-7-5-14(6-8-15)20(29)13-32-23-27-19-4-2-1-3-18(19)21(30)28(23)16-9-11-17(12-10-16)31-22(25)26/h1-12,22H,13H2. The second-order valence-electron chi connectivity index (χ2n) is 6.64. The van der Waals surface area contributed by atoms with Gasteiger partial charge in [0.05, 0.1) is 22.3 Å². The molecule has 0 aliphatic carbocycles. The summed E-state index contributed by atoms with van der Waals surface area (Å²) in [4.78, 5) is 30.4. The molecule has 0 atom stereocenters. The van der Waals surface area contributed by atoms with Gasteiger partial charge in [-0.25, -0.2) is 4.98 Å². The molecule has 0 saturated heterocycles. The second kappa shape index (κ2) is 9.50. The Morgan fingerprint density at radius 1 is 1.03 bits per heavy atom. The van der Waals surface area contributed by atoms with E-state index >= 15 is 0 Å². The van der Waals surface area contributed by atoms with Gasteiger partial charge in [0.25, 0.3) is 5.56 Å². The van der Waals surface area contributed by atoms with Crippen LogP contribution >= 0.6 is 23.4 Å². The number of carbonyl (C=O) groups is 1. The number of Topliss-reactive ketones (excluding diaryl/α,β-unsaturated/α-hetero) is 1. The van der Waals surface area contributed by atoms with Gasteiger partial charge in [-0.1, -0.05) is 35.5 Å². The molecule has 0 unspecified atom stereocenters. The predicted molar refractivity (Wildman–Crippen MR) is 120 cm³/mol. The van der Waals surface area contributed by atoms with Gasteiger partial charge in [-0.05, 0) is 60.7 Å². The molecule has 1 aromatic heterocycles. The van der Waals surface area contributed by atoms with Gasteiger partial charge < -0.3 is 4.74 Å². The minimum atomic E-state index is -2.95. The van der Waals surface area contributed by atoms with Gasteiger partial charge in [0.1, 0.15) is 5.75 Å². The number of rotatable bonds is 7. The quantitative estimate of drug-likeness (QED) is 0.198. The van der Waals surface area contributed by atoms with Gasteiger partial charge in [-0.2, -0.15) is 8.78 Å². The predicted octanol–water partition coefficient (Wildman–Crippen LogP) is 5.62. The maximum atomic E-state index is 13.2. The highest BCUT2D eigenvalue weighted by Gasteiger charge is 2.16. The topological polar surface area (TPSA) is 61.2 Å². The van der Waals surface area contributed by atoms with Crippen LogP contribution in [0.15, 0.2) is 82.7 Å². The summed E-state index contributed by atoms with van der Waals surface area (Å²) in [7, 11) is 0. The molecular weight excluding hydrogens is 458 g/mol. The Morgan fingerprint density at radius 3 is 2.41 bits per heavy atom. The number of ketones is 1. The Balaban J connectivity index is 1.71. The summed E-state index contributed by atoms with van der Waals surface area (Å²) >= 11 is 6.99. The van der Waals surface area contributed by atoms with E-state index in [1.165, 1.54) is 28.8 Å². The van der Waals surface area contributed by atoms with Crippen molar-refractivity contribution in [2.75, 3.05) is 5.75 Å². The molecule has 4 rings (SSSR count). The van der Waals surface area contributed by atoms with Gasteiger partial charge in [0, 0.05) is 10.6 Å². The molecule has 0 N–H and O–H groups in total. The molecule has 162 valence electrons. The third-order valence-corrected chi connectivity index (χ3v) is 5.75. The largest absolute Gasteiger partial charge is 0.435 e. The van der Waals surface area contributed by atoms with E-state index in [0.717, 1.165) is 11.8 Å². The number of nitrogens with zero attached hydrogens (tertiary/aromatic N) is 2. The Bertz CT molecular complexity index is 1330. The van der Waals surface area contributed by atoms with Crippen LogP contribution in [0.25, 0.3) is 16.6 Å². The summed E-state index contributed by atoms with van der Waals surface area (Å²) in [5, 5.41) is 1.23. The Labute approximate surface area is 190 Å². The number of halogens is 3. The highest BCUT2D eigenvalue weighted by atomic mass is 35.5.